The summed E-state index contributed by atoms with van der Waals surface area (Å²) >= 11 is 1.32. The summed E-state index contributed by atoms with van der Waals surface area (Å²) < 4.78 is 4.87. The SMILES string of the molecule is CCCNC(=O)C1(C)CCCN(C(=O)c2ccc3snnc3c2)C1. The molecule has 1 fully saturated rings. The minimum atomic E-state index is -0.518. The van der Waals surface area contributed by atoms with E-state index in [1.54, 1.807) is 11.0 Å². The van der Waals surface area contributed by atoms with Gasteiger partial charge in [-0.25, -0.2) is 0 Å². The molecule has 3 rings (SSSR count). The lowest BCUT2D eigenvalue weighted by atomic mass is 9.80. The lowest BCUT2D eigenvalue weighted by Crippen LogP contribution is -2.52. The Morgan fingerprint density at radius 3 is 3.04 bits per heavy atom. The van der Waals surface area contributed by atoms with E-state index in [1.165, 1.54) is 11.5 Å². The Balaban J connectivity index is 1.75. The molecule has 1 N–H and O–H groups in total. The number of piperidine rings is 1. The van der Waals surface area contributed by atoms with Gasteiger partial charge in [-0.15, -0.1) is 5.10 Å². The molecule has 2 amide bonds. The molecular formula is C17H22N4O2S. The first-order valence-electron chi connectivity index (χ1n) is 8.33. The summed E-state index contributed by atoms with van der Waals surface area (Å²) in [5.74, 6) is 0.000111. The molecule has 0 saturated carbocycles. The molecule has 1 aromatic heterocycles. The first kappa shape index (κ1) is 16.8. The van der Waals surface area contributed by atoms with E-state index in [1.807, 2.05) is 26.0 Å². The third-order valence-electron chi connectivity index (χ3n) is 4.56. The number of carbonyl (C=O) groups is 2. The summed E-state index contributed by atoms with van der Waals surface area (Å²) in [5, 5.41) is 7.00. The van der Waals surface area contributed by atoms with Crippen LogP contribution in [0.15, 0.2) is 18.2 Å². The molecule has 128 valence electrons. The molecule has 0 bridgehead atoms. The van der Waals surface area contributed by atoms with Crippen molar-refractivity contribution < 1.29 is 9.59 Å². The number of carbonyl (C=O) groups excluding carboxylic acids is 2. The number of hydrogen-bond acceptors (Lipinski definition) is 5. The summed E-state index contributed by atoms with van der Waals surface area (Å²) in [5.41, 5.74) is 0.828. The van der Waals surface area contributed by atoms with Gasteiger partial charge in [0.1, 0.15) is 5.52 Å². The van der Waals surface area contributed by atoms with E-state index in [0.29, 0.717) is 25.2 Å². The zero-order valence-electron chi connectivity index (χ0n) is 14.0. The molecule has 0 radical (unpaired) electrons. The van der Waals surface area contributed by atoms with Crippen LogP contribution in [0, 0.1) is 5.41 Å². The Morgan fingerprint density at radius 2 is 2.25 bits per heavy atom. The van der Waals surface area contributed by atoms with Gasteiger partial charge in [0.25, 0.3) is 5.91 Å². The minimum Gasteiger partial charge on any atom is -0.356 e. The van der Waals surface area contributed by atoms with E-state index < -0.39 is 5.41 Å². The molecule has 1 aliphatic rings. The molecular weight excluding hydrogens is 324 g/mol. The standard InChI is InChI=1S/C17H22N4O2S/c1-3-8-18-16(23)17(2)7-4-9-21(11-17)15(22)12-5-6-14-13(10-12)19-20-24-14/h5-6,10H,3-4,7-9,11H2,1-2H3,(H,18,23). The van der Waals surface area contributed by atoms with Crippen molar-refractivity contribution in [3.05, 3.63) is 23.8 Å². The molecule has 0 spiro atoms. The number of nitrogens with one attached hydrogen (secondary N) is 1. The zero-order chi connectivity index (χ0) is 17.2. The van der Waals surface area contributed by atoms with Crippen LogP contribution in [-0.2, 0) is 4.79 Å². The number of hydrogen-bond donors (Lipinski definition) is 1. The summed E-state index contributed by atoms with van der Waals surface area (Å²) in [7, 11) is 0. The van der Waals surface area contributed by atoms with Gasteiger partial charge in [-0.3, -0.25) is 9.59 Å². The largest absolute Gasteiger partial charge is 0.356 e. The molecule has 7 heteroatoms. The molecule has 2 aromatic rings. The highest BCUT2D eigenvalue weighted by Crippen LogP contribution is 2.31. The zero-order valence-corrected chi connectivity index (χ0v) is 14.9. The topological polar surface area (TPSA) is 75.2 Å². The first-order chi connectivity index (χ1) is 11.5. The van der Waals surface area contributed by atoms with Crippen LogP contribution in [0.5, 0.6) is 0 Å². The van der Waals surface area contributed by atoms with Crippen molar-refractivity contribution >= 4 is 33.6 Å². The van der Waals surface area contributed by atoms with Crippen molar-refractivity contribution in [2.75, 3.05) is 19.6 Å². The van der Waals surface area contributed by atoms with Crippen molar-refractivity contribution in [3.8, 4) is 0 Å². The van der Waals surface area contributed by atoms with Crippen LogP contribution in [0.1, 0.15) is 43.5 Å². The fourth-order valence-electron chi connectivity index (χ4n) is 3.15. The summed E-state index contributed by atoms with van der Waals surface area (Å²) in [4.78, 5) is 27.1. The second kappa shape index (κ2) is 6.84. The molecule has 6 nitrogen and oxygen atoms in total. The molecule has 1 saturated heterocycles. The van der Waals surface area contributed by atoms with Crippen molar-refractivity contribution in [2.24, 2.45) is 5.41 Å². The Kier molecular flexibility index (Phi) is 4.80. The number of aromatic nitrogens is 2. The Bertz CT molecular complexity index is 760. The van der Waals surface area contributed by atoms with E-state index in [0.717, 1.165) is 29.5 Å². The molecule has 1 aromatic carbocycles. The molecule has 1 atom stereocenters. The van der Waals surface area contributed by atoms with Gasteiger partial charge < -0.3 is 10.2 Å². The third-order valence-corrected chi connectivity index (χ3v) is 5.27. The summed E-state index contributed by atoms with van der Waals surface area (Å²) in [6, 6.07) is 5.47. The second-order valence-corrected chi connectivity index (χ2v) is 7.39. The normalized spacial score (nSPS) is 21.0. The fraction of sp³-hybridized carbons (Fsp3) is 0.529. The molecule has 1 aliphatic heterocycles. The van der Waals surface area contributed by atoms with Crippen LogP contribution >= 0.6 is 11.5 Å². The van der Waals surface area contributed by atoms with Crippen molar-refractivity contribution in [2.45, 2.75) is 33.1 Å². The maximum Gasteiger partial charge on any atom is 0.253 e. The molecule has 2 heterocycles. The van der Waals surface area contributed by atoms with Crippen LogP contribution in [-0.4, -0.2) is 45.9 Å². The lowest BCUT2D eigenvalue weighted by Gasteiger charge is -2.39. The van der Waals surface area contributed by atoms with Gasteiger partial charge in [-0.05, 0) is 55.9 Å². The molecule has 0 aliphatic carbocycles. The number of likely N-dealkylation sites (tertiary alicyclic amines) is 1. The Morgan fingerprint density at radius 1 is 1.42 bits per heavy atom. The first-order valence-corrected chi connectivity index (χ1v) is 9.10. The number of amides is 2. The highest BCUT2D eigenvalue weighted by molar-refractivity contribution is 7.12. The van der Waals surface area contributed by atoms with Gasteiger partial charge in [0.05, 0.1) is 10.1 Å². The summed E-state index contributed by atoms with van der Waals surface area (Å²) in [6.45, 7) is 5.79. The predicted molar refractivity (Wildman–Crippen MR) is 94.0 cm³/mol. The highest BCUT2D eigenvalue weighted by Gasteiger charge is 2.39. The average Bonchev–Trinajstić information content (AvgIpc) is 3.06. The minimum absolute atomic E-state index is 0.0425. The highest BCUT2D eigenvalue weighted by atomic mass is 32.1. The fourth-order valence-corrected chi connectivity index (χ4v) is 3.69. The van der Waals surface area contributed by atoms with Crippen LogP contribution in [0.2, 0.25) is 0 Å². The monoisotopic (exact) mass is 346 g/mol. The van der Waals surface area contributed by atoms with Crippen molar-refractivity contribution in [3.63, 3.8) is 0 Å². The number of nitrogens with zero attached hydrogens (tertiary/aromatic N) is 3. The van der Waals surface area contributed by atoms with E-state index in [2.05, 4.69) is 14.9 Å². The van der Waals surface area contributed by atoms with Gasteiger partial charge in [0, 0.05) is 25.2 Å². The maximum atomic E-state index is 12.8. The number of benzene rings is 1. The molecule has 24 heavy (non-hydrogen) atoms. The van der Waals surface area contributed by atoms with E-state index in [9.17, 15) is 9.59 Å². The maximum absolute atomic E-state index is 12.8. The Hall–Kier alpha value is -2.02. The lowest BCUT2D eigenvalue weighted by molar-refractivity contribution is -0.132. The number of fused-ring (bicyclic) bond motifs is 1. The predicted octanol–water partition coefficient (Wildman–Crippen LogP) is 2.46. The van der Waals surface area contributed by atoms with Crippen LogP contribution in [0.4, 0.5) is 0 Å². The third kappa shape index (κ3) is 3.26. The van der Waals surface area contributed by atoms with Gasteiger partial charge in [-0.1, -0.05) is 11.4 Å². The smallest absolute Gasteiger partial charge is 0.253 e. The Labute approximate surface area is 145 Å². The van der Waals surface area contributed by atoms with Gasteiger partial charge in [0.2, 0.25) is 5.91 Å². The molecule has 1 unspecified atom stereocenters. The van der Waals surface area contributed by atoms with Crippen LogP contribution < -0.4 is 5.32 Å². The van der Waals surface area contributed by atoms with Crippen LogP contribution in [0.3, 0.4) is 0 Å². The number of rotatable bonds is 4. The second-order valence-electron chi connectivity index (χ2n) is 6.60. The van der Waals surface area contributed by atoms with Crippen LogP contribution in [0.25, 0.3) is 10.2 Å². The average molecular weight is 346 g/mol. The van der Waals surface area contributed by atoms with Gasteiger partial charge in [-0.2, -0.15) is 0 Å². The van der Waals surface area contributed by atoms with Crippen molar-refractivity contribution in [1.29, 1.82) is 0 Å². The van der Waals surface area contributed by atoms with Crippen molar-refractivity contribution in [1.82, 2.24) is 19.8 Å². The quantitative estimate of drug-likeness (QED) is 0.923. The van der Waals surface area contributed by atoms with Gasteiger partial charge in [0.15, 0.2) is 0 Å². The summed E-state index contributed by atoms with van der Waals surface area (Å²) in [6.07, 6.45) is 2.55. The van der Waals surface area contributed by atoms with E-state index in [-0.39, 0.29) is 11.8 Å². The van der Waals surface area contributed by atoms with E-state index in [4.69, 9.17) is 0 Å². The van der Waals surface area contributed by atoms with Gasteiger partial charge >= 0.3 is 0 Å². The van der Waals surface area contributed by atoms with E-state index >= 15 is 0 Å².